The molecular weight excluding hydrogens is 554 g/mol. The van der Waals surface area contributed by atoms with Crippen LogP contribution < -0.4 is 4.74 Å². The fraction of sp³-hybridized carbons (Fsp3) is 0.756. The molecule has 0 bridgehead atoms. The molecule has 0 aromatic heterocycles. The van der Waals surface area contributed by atoms with Crippen molar-refractivity contribution in [3.8, 4) is 5.75 Å². The Kier molecular flexibility index (Phi) is 17.7. The van der Waals surface area contributed by atoms with Crippen molar-refractivity contribution in [3.63, 3.8) is 0 Å². The van der Waals surface area contributed by atoms with E-state index in [1.54, 1.807) is 0 Å². The van der Waals surface area contributed by atoms with Crippen molar-refractivity contribution < 1.29 is 18.8 Å². The second-order valence-electron chi connectivity index (χ2n) is 15.8. The van der Waals surface area contributed by atoms with Crippen molar-refractivity contribution in [3.05, 3.63) is 42.0 Å². The van der Waals surface area contributed by atoms with Crippen molar-refractivity contribution >= 4 is 11.6 Å². The van der Waals surface area contributed by atoms with Gasteiger partial charge in [-0.25, -0.2) is 0 Å². The molecule has 1 fully saturated rings. The predicted octanol–water partition coefficient (Wildman–Crippen LogP) is 11.4. The maximum atomic E-state index is 13.3. The average Bonchev–Trinajstić information content (AvgIpc) is 2.99. The molecule has 0 amide bonds. The zero-order chi connectivity index (χ0) is 33.3. The van der Waals surface area contributed by atoms with Crippen LogP contribution in [-0.4, -0.2) is 43.4 Å². The van der Waals surface area contributed by atoms with Crippen LogP contribution in [0.1, 0.15) is 161 Å². The zero-order valence-electron chi connectivity index (χ0n) is 30.6. The number of ketones is 2. The number of quaternary nitrogens is 1. The van der Waals surface area contributed by atoms with Gasteiger partial charge >= 0.3 is 0 Å². The Morgan fingerprint density at radius 3 is 1.89 bits per heavy atom. The van der Waals surface area contributed by atoms with Gasteiger partial charge in [-0.3, -0.25) is 14.1 Å². The molecule has 45 heavy (non-hydrogen) atoms. The van der Waals surface area contributed by atoms with Gasteiger partial charge in [0.15, 0.2) is 5.78 Å². The lowest BCUT2D eigenvalue weighted by Crippen LogP contribution is -2.43. The van der Waals surface area contributed by atoms with E-state index in [1.807, 2.05) is 38.1 Å². The lowest BCUT2D eigenvalue weighted by atomic mass is 9.64. The molecule has 1 aromatic carbocycles. The summed E-state index contributed by atoms with van der Waals surface area (Å²) >= 11 is 0. The van der Waals surface area contributed by atoms with Gasteiger partial charge in [0.25, 0.3) is 0 Å². The molecule has 1 saturated carbocycles. The molecule has 0 saturated heterocycles. The highest BCUT2D eigenvalue weighted by atomic mass is 16.5. The minimum atomic E-state index is -0.221. The van der Waals surface area contributed by atoms with E-state index in [0.29, 0.717) is 18.7 Å². The predicted molar refractivity (Wildman–Crippen MR) is 192 cm³/mol. The Balaban J connectivity index is 1.64. The van der Waals surface area contributed by atoms with Crippen LogP contribution in [-0.2, 0) is 4.79 Å². The summed E-state index contributed by atoms with van der Waals surface area (Å²) in [5, 5.41) is 0. The number of rotatable bonds is 24. The first-order valence-electron chi connectivity index (χ1n) is 18.7. The molecule has 1 aliphatic rings. The maximum absolute atomic E-state index is 13.3. The number of allylic oxidation sites excluding steroid dienone is 1. The summed E-state index contributed by atoms with van der Waals surface area (Å²) in [5.41, 5.74) is 1.71. The molecule has 0 aliphatic heterocycles. The minimum absolute atomic E-state index is 0.0144. The third-order valence-corrected chi connectivity index (χ3v) is 10.5. The molecule has 0 radical (unpaired) electrons. The Morgan fingerprint density at radius 2 is 1.38 bits per heavy atom. The van der Waals surface area contributed by atoms with Gasteiger partial charge in [-0.05, 0) is 67.7 Å². The number of benzene rings is 1. The Hall–Kier alpha value is -1.94. The Morgan fingerprint density at radius 1 is 0.867 bits per heavy atom. The van der Waals surface area contributed by atoms with Gasteiger partial charge in [0, 0.05) is 23.8 Å². The van der Waals surface area contributed by atoms with Crippen LogP contribution in [0.2, 0.25) is 0 Å². The van der Waals surface area contributed by atoms with Crippen LogP contribution >= 0.6 is 0 Å². The highest BCUT2D eigenvalue weighted by Crippen LogP contribution is 2.44. The number of ether oxygens (including phenoxy) is 1. The molecule has 4 heteroatoms. The molecule has 1 aromatic rings. The quantitative estimate of drug-likeness (QED) is 0.0378. The summed E-state index contributed by atoms with van der Waals surface area (Å²) in [6.07, 6.45) is 22.9. The lowest BCUT2D eigenvalue weighted by molar-refractivity contribution is -0.905. The summed E-state index contributed by atoms with van der Waals surface area (Å²) < 4.78 is 6.97. The normalized spacial score (nSPS) is 18.0. The molecular formula is C41H70NO3+. The van der Waals surface area contributed by atoms with Crippen molar-refractivity contribution in [1.82, 2.24) is 0 Å². The van der Waals surface area contributed by atoms with Crippen molar-refractivity contribution in [1.29, 1.82) is 0 Å². The summed E-state index contributed by atoms with van der Waals surface area (Å²) in [6.45, 7) is 16.6. The summed E-state index contributed by atoms with van der Waals surface area (Å²) in [6, 6.07) is 7.58. The molecule has 2 rings (SSSR count). The topological polar surface area (TPSA) is 43.4 Å². The third kappa shape index (κ3) is 14.6. The van der Waals surface area contributed by atoms with Crippen LogP contribution in [0.5, 0.6) is 5.75 Å². The van der Waals surface area contributed by atoms with Gasteiger partial charge in [0.2, 0.25) is 6.73 Å². The molecule has 0 N–H and O–H groups in total. The van der Waals surface area contributed by atoms with Crippen molar-refractivity contribution in [2.75, 3.05) is 27.4 Å². The number of hydrogen-bond acceptors (Lipinski definition) is 3. The van der Waals surface area contributed by atoms with Crippen LogP contribution in [0.25, 0.3) is 0 Å². The molecule has 3 atom stereocenters. The van der Waals surface area contributed by atoms with E-state index in [9.17, 15) is 9.59 Å². The third-order valence-electron chi connectivity index (χ3n) is 10.5. The fourth-order valence-corrected chi connectivity index (χ4v) is 7.17. The van der Waals surface area contributed by atoms with E-state index in [0.717, 1.165) is 41.6 Å². The fourth-order valence-electron chi connectivity index (χ4n) is 7.17. The lowest BCUT2D eigenvalue weighted by Gasteiger charge is -2.39. The molecule has 3 unspecified atom stereocenters. The van der Waals surface area contributed by atoms with Gasteiger partial charge in [-0.1, -0.05) is 124 Å². The number of hydrogen-bond donors (Lipinski definition) is 0. The highest BCUT2D eigenvalue weighted by molar-refractivity contribution is 5.98. The number of nitrogens with zero attached hydrogens (tertiary/aromatic N) is 1. The Labute approximate surface area is 278 Å². The van der Waals surface area contributed by atoms with E-state index in [4.69, 9.17) is 4.74 Å². The van der Waals surface area contributed by atoms with E-state index in [2.05, 4.69) is 41.4 Å². The number of unbranched alkanes of at least 4 members (excludes halogenated alkanes) is 13. The Bertz CT molecular complexity index is 1010. The number of carbonyl (C=O) groups excluding carboxylic acids is 2. The monoisotopic (exact) mass is 625 g/mol. The first-order valence-corrected chi connectivity index (χ1v) is 18.7. The first kappa shape index (κ1) is 39.2. The van der Waals surface area contributed by atoms with Crippen LogP contribution in [0.4, 0.5) is 0 Å². The number of Topliss-reactive ketones (excluding diaryl/α,β-unsaturated/α-hetero) is 2. The molecule has 1 aliphatic carbocycles. The van der Waals surface area contributed by atoms with E-state index >= 15 is 0 Å². The van der Waals surface area contributed by atoms with Crippen LogP contribution in [0, 0.1) is 23.2 Å². The SMILES string of the molecule is C=C1CCCC(C)(C)C1C(=O)CC(C)C(C)C(=O)c1ccc(OC[N+](C)(C)CCCCCCCCCCCCCCCC)cc1. The van der Waals surface area contributed by atoms with E-state index in [1.165, 1.54) is 89.9 Å². The van der Waals surface area contributed by atoms with Gasteiger partial charge in [0.1, 0.15) is 11.5 Å². The number of carbonyl (C=O) groups is 2. The second-order valence-corrected chi connectivity index (χ2v) is 15.8. The van der Waals surface area contributed by atoms with E-state index in [-0.39, 0.29) is 34.7 Å². The largest absolute Gasteiger partial charge is 0.445 e. The summed E-state index contributed by atoms with van der Waals surface area (Å²) in [5.74, 6) is 0.811. The first-order chi connectivity index (χ1) is 21.4. The minimum Gasteiger partial charge on any atom is -0.445 e. The van der Waals surface area contributed by atoms with Crippen LogP contribution in [0.3, 0.4) is 0 Å². The summed E-state index contributed by atoms with van der Waals surface area (Å²) in [4.78, 5) is 26.6. The van der Waals surface area contributed by atoms with Crippen molar-refractivity contribution in [2.24, 2.45) is 23.2 Å². The van der Waals surface area contributed by atoms with Gasteiger partial charge in [0.05, 0.1) is 20.6 Å². The molecule has 4 nitrogen and oxygen atoms in total. The zero-order valence-corrected chi connectivity index (χ0v) is 30.6. The van der Waals surface area contributed by atoms with Gasteiger partial charge in [-0.2, -0.15) is 0 Å². The highest BCUT2D eigenvalue weighted by Gasteiger charge is 2.40. The standard InChI is InChI=1S/C41H70NO3/c1-9-10-11-12-13-14-15-16-17-18-19-20-21-22-30-42(7,8)32-45-37-27-25-36(26-28-37)40(44)35(4)34(3)31-38(43)39-33(2)24-23-29-41(39,5)6/h25-28,34-35,39H,2,9-24,29-32H2,1,3-8H3/q+1. The van der Waals surface area contributed by atoms with Gasteiger partial charge < -0.3 is 4.74 Å². The average molecular weight is 625 g/mol. The smallest absolute Gasteiger partial charge is 0.223 e. The van der Waals surface area contributed by atoms with E-state index < -0.39 is 0 Å². The van der Waals surface area contributed by atoms with Gasteiger partial charge in [-0.15, -0.1) is 0 Å². The summed E-state index contributed by atoms with van der Waals surface area (Å²) in [7, 11) is 4.46. The van der Waals surface area contributed by atoms with Crippen LogP contribution in [0.15, 0.2) is 36.4 Å². The van der Waals surface area contributed by atoms with Crippen molar-refractivity contribution in [2.45, 2.75) is 150 Å². The second kappa shape index (κ2) is 20.3. The maximum Gasteiger partial charge on any atom is 0.223 e. The molecule has 256 valence electrons. The molecule has 0 spiro atoms. The molecule has 0 heterocycles.